The van der Waals surface area contributed by atoms with Gasteiger partial charge in [0.05, 0.1) is 13.2 Å². The zero-order valence-corrected chi connectivity index (χ0v) is 24.6. The average Bonchev–Trinajstić information content (AvgIpc) is 2.97. The molecule has 0 radical (unpaired) electrons. The molecular formula is C31H30ClF4N3O5. The molecule has 0 aliphatic rings. The van der Waals surface area contributed by atoms with Gasteiger partial charge in [-0.05, 0) is 59.5 Å². The summed E-state index contributed by atoms with van der Waals surface area (Å²) in [5.74, 6) is -6.02. The molecule has 0 saturated heterocycles. The summed E-state index contributed by atoms with van der Waals surface area (Å²) in [7, 11) is 1.40. The van der Waals surface area contributed by atoms with Crippen molar-refractivity contribution in [3.05, 3.63) is 100 Å². The molecule has 0 aromatic heterocycles. The second-order valence-electron chi connectivity index (χ2n) is 10.2. The van der Waals surface area contributed by atoms with E-state index in [0.29, 0.717) is 11.3 Å². The Bertz CT molecular complexity index is 1500. The summed E-state index contributed by atoms with van der Waals surface area (Å²) in [5.41, 5.74) is 0.589. The summed E-state index contributed by atoms with van der Waals surface area (Å²) in [6, 6.07) is 12.0. The number of hydrogen-bond donors (Lipinski definition) is 3. The number of rotatable bonds is 12. The fraction of sp³-hybridized carbons (Fsp3) is 0.290. The van der Waals surface area contributed by atoms with E-state index in [1.807, 2.05) is 0 Å². The van der Waals surface area contributed by atoms with Crippen LogP contribution in [0.4, 0.5) is 17.6 Å². The molecular weight excluding hydrogens is 606 g/mol. The van der Waals surface area contributed by atoms with Gasteiger partial charge in [0.2, 0.25) is 11.8 Å². The highest BCUT2D eigenvalue weighted by atomic mass is 35.5. The maximum atomic E-state index is 14.0. The molecule has 0 bridgehead atoms. The first-order chi connectivity index (χ1) is 20.7. The van der Waals surface area contributed by atoms with E-state index in [4.69, 9.17) is 16.3 Å². The van der Waals surface area contributed by atoms with Crippen molar-refractivity contribution in [2.75, 3.05) is 7.11 Å². The predicted octanol–water partition coefficient (Wildman–Crippen LogP) is 4.96. The van der Waals surface area contributed by atoms with Gasteiger partial charge in [0.1, 0.15) is 23.7 Å². The fourth-order valence-corrected chi connectivity index (χ4v) is 4.46. The first-order valence-electron chi connectivity index (χ1n) is 13.4. The summed E-state index contributed by atoms with van der Waals surface area (Å²) >= 11 is 5.99. The highest BCUT2D eigenvalue weighted by Crippen LogP contribution is 2.23. The van der Waals surface area contributed by atoms with Gasteiger partial charge in [-0.15, -0.1) is 0 Å². The predicted molar refractivity (Wildman–Crippen MR) is 155 cm³/mol. The van der Waals surface area contributed by atoms with E-state index in [1.54, 1.807) is 6.07 Å². The second kappa shape index (κ2) is 14.8. The van der Waals surface area contributed by atoms with Gasteiger partial charge in [0.15, 0.2) is 0 Å². The Hall–Kier alpha value is -4.45. The SMILES string of the molecule is COc1ccc([C@H](NC(=O)[C@H](Cc2cccc(F)c2)NC(=O)c2cccc(Cl)c2)C(=O)N[C@H](C(=O)C(F)(F)F)C(C)C)cc1. The highest BCUT2D eigenvalue weighted by Gasteiger charge is 2.45. The molecule has 0 aliphatic carbocycles. The maximum absolute atomic E-state index is 14.0. The Morgan fingerprint density at radius 1 is 0.864 bits per heavy atom. The Balaban J connectivity index is 1.97. The molecule has 13 heteroatoms. The number of amides is 3. The zero-order valence-electron chi connectivity index (χ0n) is 23.9. The van der Waals surface area contributed by atoms with Crippen molar-refractivity contribution in [1.82, 2.24) is 16.0 Å². The van der Waals surface area contributed by atoms with Crippen molar-refractivity contribution in [2.24, 2.45) is 5.92 Å². The van der Waals surface area contributed by atoms with Crippen LogP contribution in [0.3, 0.4) is 0 Å². The number of carbonyl (C=O) groups excluding carboxylic acids is 4. The highest BCUT2D eigenvalue weighted by molar-refractivity contribution is 6.31. The number of halogens is 5. The van der Waals surface area contributed by atoms with Crippen LogP contribution in [0.15, 0.2) is 72.8 Å². The summed E-state index contributed by atoms with van der Waals surface area (Å²) in [4.78, 5) is 52.3. The summed E-state index contributed by atoms with van der Waals surface area (Å²) in [5, 5.41) is 7.41. The first-order valence-corrected chi connectivity index (χ1v) is 13.7. The number of ketones is 1. The van der Waals surface area contributed by atoms with E-state index in [0.717, 1.165) is 6.07 Å². The normalized spacial score (nSPS) is 13.4. The molecule has 3 aromatic rings. The Morgan fingerprint density at radius 2 is 1.52 bits per heavy atom. The molecule has 8 nitrogen and oxygen atoms in total. The van der Waals surface area contributed by atoms with E-state index in [2.05, 4.69) is 16.0 Å². The third kappa shape index (κ3) is 9.27. The van der Waals surface area contributed by atoms with Crippen LogP contribution in [-0.4, -0.2) is 48.9 Å². The van der Waals surface area contributed by atoms with Crippen LogP contribution in [0.1, 0.15) is 41.4 Å². The standard InChI is InChI=1S/C31H30ClF4N3O5/c1-17(2)25(27(40)31(34,35)36)38-30(43)26(19-10-12-23(44-3)13-11-19)39-29(42)24(15-18-6-4-9-22(33)14-18)37-28(41)20-7-5-8-21(32)16-20/h4-14,16-17,24-26H,15H2,1-3H3,(H,37,41)(H,38,43)(H,39,42)/t24-,25-,26-/m0/s1. The number of ether oxygens (including phenoxy) is 1. The van der Waals surface area contributed by atoms with E-state index in [-0.39, 0.29) is 22.6 Å². The number of Topliss-reactive ketones (excluding diaryl/α,β-unsaturated/α-hetero) is 1. The molecule has 0 saturated carbocycles. The molecule has 0 fully saturated rings. The third-order valence-corrected chi connectivity index (χ3v) is 6.80. The number of carbonyl (C=O) groups is 4. The Kier molecular flexibility index (Phi) is 11.5. The third-order valence-electron chi connectivity index (χ3n) is 6.56. The van der Waals surface area contributed by atoms with Crippen molar-refractivity contribution in [3.8, 4) is 5.75 Å². The molecule has 3 aromatic carbocycles. The van der Waals surface area contributed by atoms with Crippen molar-refractivity contribution in [1.29, 1.82) is 0 Å². The zero-order chi connectivity index (χ0) is 32.6. The smallest absolute Gasteiger partial charge is 0.452 e. The summed E-state index contributed by atoms with van der Waals surface area (Å²) < 4.78 is 59.0. The van der Waals surface area contributed by atoms with Crippen LogP contribution in [-0.2, 0) is 20.8 Å². The van der Waals surface area contributed by atoms with Crippen LogP contribution >= 0.6 is 11.6 Å². The van der Waals surface area contributed by atoms with Crippen LogP contribution in [0.2, 0.25) is 5.02 Å². The lowest BCUT2D eigenvalue weighted by molar-refractivity contribution is -0.175. The minimum absolute atomic E-state index is 0.115. The number of methoxy groups -OCH3 is 1. The van der Waals surface area contributed by atoms with Gasteiger partial charge in [-0.25, -0.2) is 4.39 Å². The van der Waals surface area contributed by atoms with Crippen LogP contribution in [0.25, 0.3) is 0 Å². The quantitative estimate of drug-likeness (QED) is 0.244. The molecule has 3 N–H and O–H groups in total. The van der Waals surface area contributed by atoms with E-state index >= 15 is 0 Å². The van der Waals surface area contributed by atoms with E-state index in [1.165, 1.54) is 81.6 Å². The monoisotopic (exact) mass is 635 g/mol. The van der Waals surface area contributed by atoms with Gasteiger partial charge in [-0.3, -0.25) is 19.2 Å². The molecule has 234 valence electrons. The van der Waals surface area contributed by atoms with Crippen LogP contribution in [0, 0.1) is 11.7 Å². The summed E-state index contributed by atoms with van der Waals surface area (Å²) in [6.07, 6.45) is -5.43. The number of hydrogen-bond acceptors (Lipinski definition) is 5. The number of alkyl halides is 3. The minimum atomic E-state index is -5.22. The Labute approximate surface area is 256 Å². The van der Waals surface area contributed by atoms with E-state index < -0.39 is 59.5 Å². The van der Waals surface area contributed by atoms with Crippen molar-refractivity contribution in [3.63, 3.8) is 0 Å². The van der Waals surface area contributed by atoms with Gasteiger partial charge >= 0.3 is 6.18 Å². The molecule has 3 amide bonds. The lowest BCUT2D eigenvalue weighted by atomic mass is 9.97. The van der Waals surface area contributed by atoms with Crippen molar-refractivity contribution >= 4 is 35.1 Å². The van der Waals surface area contributed by atoms with Crippen LogP contribution in [0.5, 0.6) is 5.75 Å². The van der Waals surface area contributed by atoms with Gasteiger partial charge in [0, 0.05) is 17.0 Å². The fourth-order valence-electron chi connectivity index (χ4n) is 4.27. The van der Waals surface area contributed by atoms with Crippen LogP contribution < -0.4 is 20.7 Å². The molecule has 44 heavy (non-hydrogen) atoms. The number of benzene rings is 3. The lowest BCUT2D eigenvalue weighted by Gasteiger charge is -2.27. The second-order valence-corrected chi connectivity index (χ2v) is 10.6. The van der Waals surface area contributed by atoms with Crippen molar-refractivity contribution in [2.45, 2.75) is 44.6 Å². The minimum Gasteiger partial charge on any atom is -0.497 e. The van der Waals surface area contributed by atoms with Gasteiger partial charge in [0.25, 0.3) is 11.7 Å². The average molecular weight is 636 g/mol. The molecule has 0 spiro atoms. The Morgan fingerprint density at radius 3 is 2.09 bits per heavy atom. The molecule has 0 heterocycles. The number of nitrogens with one attached hydrogen (secondary N) is 3. The molecule has 3 rings (SSSR count). The van der Waals surface area contributed by atoms with Gasteiger partial charge in [-0.2, -0.15) is 13.2 Å². The molecule has 0 aliphatic heterocycles. The lowest BCUT2D eigenvalue weighted by Crippen LogP contribution is -2.55. The van der Waals surface area contributed by atoms with E-state index in [9.17, 15) is 36.7 Å². The maximum Gasteiger partial charge on any atom is 0.452 e. The topological polar surface area (TPSA) is 114 Å². The molecule has 3 atom stereocenters. The first kappa shape index (κ1) is 34.0. The van der Waals surface area contributed by atoms with Crippen molar-refractivity contribution < 1.29 is 41.5 Å². The van der Waals surface area contributed by atoms with Gasteiger partial charge < -0.3 is 20.7 Å². The van der Waals surface area contributed by atoms with Gasteiger partial charge in [-0.1, -0.05) is 55.8 Å². The molecule has 0 unspecified atom stereocenters. The summed E-state index contributed by atoms with van der Waals surface area (Å²) in [6.45, 7) is 2.66. The largest absolute Gasteiger partial charge is 0.497 e.